The van der Waals surface area contributed by atoms with Crippen LogP contribution in [0.5, 0.6) is 5.75 Å². The molecule has 1 saturated carbocycles. The second-order valence-corrected chi connectivity index (χ2v) is 11.8. The van der Waals surface area contributed by atoms with Gasteiger partial charge in [-0.15, -0.1) is 23.2 Å². The third-order valence-corrected chi connectivity index (χ3v) is 10.1. The van der Waals surface area contributed by atoms with Gasteiger partial charge in [-0.2, -0.15) is 0 Å². The second kappa shape index (κ2) is 10.2. The van der Waals surface area contributed by atoms with Crippen molar-refractivity contribution in [2.24, 2.45) is 17.8 Å². The van der Waals surface area contributed by atoms with Crippen molar-refractivity contribution in [3.63, 3.8) is 0 Å². The van der Waals surface area contributed by atoms with E-state index in [0.29, 0.717) is 16.9 Å². The SMILES string of the molecule is O=C(O)CCN1C(=O)[C@H]2[C@H](CC=C3[C@H]2C[C@@]2(Cl)C(=O)N(CBr)C(=O)[C@@]2(Cl)[C@H]3c2ccc(OCCO)cc2)C1=O. The number of carbonyl (C=O) groups is 5. The Hall–Kier alpha value is -2.47. The lowest BCUT2D eigenvalue weighted by Crippen LogP contribution is -2.60. The van der Waals surface area contributed by atoms with Crippen LogP contribution in [0.15, 0.2) is 35.9 Å². The molecule has 13 heteroatoms. The number of nitrogens with zero attached hydrogens (tertiary/aromatic N) is 2. The molecule has 2 aliphatic carbocycles. The third kappa shape index (κ3) is 4.03. The van der Waals surface area contributed by atoms with E-state index in [1.165, 1.54) is 0 Å². The van der Waals surface area contributed by atoms with E-state index in [1.807, 2.05) is 6.08 Å². The van der Waals surface area contributed by atoms with Crippen LogP contribution in [0.4, 0.5) is 0 Å². The highest BCUT2D eigenvalue weighted by molar-refractivity contribution is 9.09. The third-order valence-electron chi connectivity index (χ3n) is 8.23. The Morgan fingerprint density at radius 1 is 1.05 bits per heavy atom. The fourth-order valence-electron chi connectivity index (χ4n) is 6.54. The van der Waals surface area contributed by atoms with Gasteiger partial charge >= 0.3 is 5.97 Å². The van der Waals surface area contributed by atoms with E-state index in [4.69, 9.17) is 38.2 Å². The summed E-state index contributed by atoms with van der Waals surface area (Å²) in [5, 5.41) is 18.1. The molecular formula is C26H25BrCl2N2O8. The number of carboxylic acids is 1. The zero-order valence-electron chi connectivity index (χ0n) is 20.5. The molecule has 1 aromatic carbocycles. The molecule has 4 amide bonds. The highest BCUT2D eigenvalue weighted by atomic mass is 79.9. The van der Waals surface area contributed by atoms with Gasteiger partial charge in [-0.3, -0.25) is 33.8 Å². The first-order valence-corrected chi connectivity index (χ1v) is 14.3. The van der Waals surface area contributed by atoms with Gasteiger partial charge in [-0.1, -0.05) is 39.7 Å². The molecule has 10 nitrogen and oxygen atoms in total. The predicted molar refractivity (Wildman–Crippen MR) is 141 cm³/mol. The van der Waals surface area contributed by atoms with Crippen molar-refractivity contribution in [1.29, 1.82) is 0 Å². The lowest BCUT2D eigenvalue weighted by molar-refractivity contribution is -0.143. The first-order valence-electron chi connectivity index (χ1n) is 12.4. The van der Waals surface area contributed by atoms with Gasteiger partial charge in [0.05, 0.1) is 30.3 Å². The normalized spacial score (nSPS) is 33.6. The standard InChI is InChI=1S/C26H25BrCl2N2O8/c27-12-31-23(37)25(28)11-17-15(5-6-16-19(17)22(36)30(21(16)35)8-7-18(33)34)20(26(25,29)24(31)38)13-1-3-14(4-2-13)39-10-9-32/h1-5,16-17,19-20,32H,6-12H2,(H,33,34)/t16-,17+,19-,20-,25+,26-/m0/s1. The minimum Gasteiger partial charge on any atom is -0.491 e. The van der Waals surface area contributed by atoms with Crippen molar-refractivity contribution in [2.45, 2.75) is 34.9 Å². The van der Waals surface area contributed by atoms with Crippen molar-refractivity contribution in [2.75, 3.05) is 25.2 Å². The lowest BCUT2D eigenvalue weighted by atomic mass is 9.56. The molecule has 2 N–H and O–H groups in total. The maximum atomic E-state index is 13.7. The number of aliphatic hydroxyl groups excluding tert-OH is 1. The Morgan fingerprint density at radius 3 is 2.36 bits per heavy atom. The number of hydrogen-bond donors (Lipinski definition) is 2. The van der Waals surface area contributed by atoms with Gasteiger partial charge in [-0.05, 0) is 36.5 Å². The van der Waals surface area contributed by atoms with Crippen LogP contribution in [0, 0.1) is 17.8 Å². The molecule has 39 heavy (non-hydrogen) atoms. The van der Waals surface area contributed by atoms with E-state index in [2.05, 4.69) is 15.9 Å². The molecule has 0 spiro atoms. The zero-order valence-corrected chi connectivity index (χ0v) is 23.6. The summed E-state index contributed by atoms with van der Waals surface area (Å²) in [5.41, 5.74) is 1.09. The number of hydrogen-bond acceptors (Lipinski definition) is 7. The van der Waals surface area contributed by atoms with E-state index in [-0.39, 0.29) is 44.5 Å². The van der Waals surface area contributed by atoms with Gasteiger partial charge in [-0.25, -0.2) is 0 Å². The number of fused-ring (bicyclic) bond motifs is 4. The van der Waals surface area contributed by atoms with Gasteiger partial charge in [0.25, 0.3) is 11.8 Å². The number of carbonyl (C=O) groups excluding carboxylic acids is 4. The smallest absolute Gasteiger partial charge is 0.305 e. The first-order chi connectivity index (χ1) is 18.5. The topological polar surface area (TPSA) is 142 Å². The molecule has 208 valence electrons. The van der Waals surface area contributed by atoms with E-state index >= 15 is 0 Å². The number of carboxylic acid groups (broad SMARTS) is 1. The molecule has 2 heterocycles. The number of halogens is 3. The number of allylic oxidation sites excluding steroid dienone is 2. The summed E-state index contributed by atoms with van der Waals surface area (Å²) < 4.78 is 5.45. The Bertz CT molecular complexity index is 1290. The van der Waals surface area contributed by atoms with Crippen LogP contribution < -0.4 is 4.74 Å². The number of aliphatic hydroxyl groups is 1. The Labute approximate surface area is 242 Å². The van der Waals surface area contributed by atoms with Crippen LogP contribution in [0.2, 0.25) is 0 Å². The highest BCUT2D eigenvalue weighted by Crippen LogP contribution is 2.65. The van der Waals surface area contributed by atoms with Crippen molar-refractivity contribution >= 4 is 68.7 Å². The number of rotatable bonds is 8. The maximum absolute atomic E-state index is 13.7. The number of likely N-dealkylation sites (tertiary alicyclic amines) is 2. The molecule has 0 unspecified atom stereocenters. The largest absolute Gasteiger partial charge is 0.491 e. The summed E-state index contributed by atoms with van der Waals surface area (Å²) in [6.45, 7) is -0.331. The number of aliphatic carboxylic acids is 1. The van der Waals surface area contributed by atoms with Gasteiger partial charge in [0, 0.05) is 12.5 Å². The van der Waals surface area contributed by atoms with Crippen LogP contribution in [-0.4, -0.2) is 84.6 Å². The maximum Gasteiger partial charge on any atom is 0.305 e. The van der Waals surface area contributed by atoms with Crippen molar-refractivity contribution in [1.82, 2.24) is 9.80 Å². The Kier molecular flexibility index (Phi) is 7.32. The van der Waals surface area contributed by atoms with E-state index in [9.17, 15) is 24.0 Å². The Balaban J connectivity index is 1.61. The van der Waals surface area contributed by atoms with Crippen LogP contribution in [-0.2, 0) is 24.0 Å². The van der Waals surface area contributed by atoms with E-state index in [0.717, 1.165) is 9.80 Å². The van der Waals surface area contributed by atoms with Crippen LogP contribution in [0.1, 0.15) is 30.7 Å². The molecule has 2 aliphatic heterocycles. The Morgan fingerprint density at radius 2 is 1.74 bits per heavy atom. The molecule has 2 saturated heterocycles. The number of amides is 4. The number of imide groups is 2. The molecule has 1 aromatic rings. The molecule has 5 rings (SSSR count). The molecule has 0 aromatic heterocycles. The van der Waals surface area contributed by atoms with E-state index in [1.54, 1.807) is 24.3 Å². The van der Waals surface area contributed by atoms with E-state index < -0.39 is 63.0 Å². The average Bonchev–Trinajstić information content (AvgIpc) is 3.24. The van der Waals surface area contributed by atoms with Crippen molar-refractivity contribution in [3.05, 3.63) is 41.5 Å². The number of ether oxygens (including phenoxy) is 1. The molecule has 6 atom stereocenters. The van der Waals surface area contributed by atoms with Gasteiger partial charge < -0.3 is 14.9 Å². The van der Waals surface area contributed by atoms with Crippen LogP contribution in [0.25, 0.3) is 0 Å². The van der Waals surface area contributed by atoms with Crippen LogP contribution in [0.3, 0.4) is 0 Å². The highest BCUT2D eigenvalue weighted by Gasteiger charge is 2.76. The van der Waals surface area contributed by atoms with Crippen LogP contribution >= 0.6 is 39.1 Å². The monoisotopic (exact) mass is 642 g/mol. The number of benzene rings is 1. The fourth-order valence-corrected chi connectivity index (χ4v) is 7.97. The average molecular weight is 644 g/mol. The fraction of sp³-hybridized carbons (Fsp3) is 0.500. The molecule has 3 fully saturated rings. The summed E-state index contributed by atoms with van der Waals surface area (Å²) in [5.74, 6) is -6.14. The molecular weight excluding hydrogens is 619 g/mol. The minimum absolute atomic E-state index is 0.0883. The van der Waals surface area contributed by atoms with Crippen molar-refractivity contribution < 1.29 is 38.9 Å². The summed E-state index contributed by atoms with van der Waals surface area (Å²) >= 11 is 17.5. The van der Waals surface area contributed by atoms with Gasteiger partial charge in [0.2, 0.25) is 11.8 Å². The predicted octanol–water partition coefficient (Wildman–Crippen LogP) is 2.24. The summed E-state index contributed by atoms with van der Waals surface area (Å²) in [7, 11) is 0. The van der Waals surface area contributed by atoms with Gasteiger partial charge in [0.1, 0.15) is 12.4 Å². The quantitative estimate of drug-likeness (QED) is 0.190. The van der Waals surface area contributed by atoms with Crippen molar-refractivity contribution in [3.8, 4) is 5.75 Å². The summed E-state index contributed by atoms with van der Waals surface area (Å²) in [4.78, 5) is 63.3. The second-order valence-electron chi connectivity index (χ2n) is 10.1. The lowest BCUT2D eigenvalue weighted by Gasteiger charge is -2.50. The van der Waals surface area contributed by atoms with Gasteiger partial charge in [0.15, 0.2) is 9.75 Å². The summed E-state index contributed by atoms with van der Waals surface area (Å²) in [6.07, 6.45) is 1.49. The minimum atomic E-state index is -1.91. The first kappa shape index (κ1) is 28.1. The summed E-state index contributed by atoms with van der Waals surface area (Å²) in [6, 6.07) is 6.70. The zero-order chi connectivity index (χ0) is 28.3. The number of alkyl halides is 3. The molecule has 0 radical (unpaired) electrons. The molecule has 4 aliphatic rings. The molecule has 0 bridgehead atoms.